The average molecular weight is 933 g/mol. The molecule has 1 heterocycles. The number of hydrogen-bond donors (Lipinski definition) is 0. The van der Waals surface area contributed by atoms with E-state index >= 15 is 0 Å². The van der Waals surface area contributed by atoms with Gasteiger partial charge in [0.2, 0.25) is 6.33 Å². The van der Waals surface area contributed by atoms with Crippen LogP contribution >= 0.6 is 0 Å². The van der Waals surface area contributed by atoms with Crippen LogP contribution in [0.25, 0.3) is 0 Å². The summed E-state index contributed by atoms with van der Waals surface area (Å²) in [5.41, 5.74) is 0. The third-order valence-electron chi connectivity index (χ3n) is 7.08. The van der Waals surface area contributed by atoms with E-state index in [2.05, 4.69) is 0 Å². The van der Waals surface area contributed by atoms with Crippen molar-refractivity contribution in [3.8, 4) is 0 Å². The first-order valence-electron chi connectivity index (χ1n) is 12.6. The van der Waals surface area contributed by atoms with Crippen LogP contribution in [0, 0.1) is 0 Å². The molecule has 1 aromatic heterocycles. The Morgan fingerprint density at radius 3 is 0.789 bits per heavy atom. The molecule has 338 valence electrons. The van der Waals surface area contributed by atoms with Crippen molar-refractivity contribution in [2.45, 2.75) is 108 Å². The summed E-state index contributed by atoms with van der Waals surface area (Å²) in [4.78, 5) is 0. The van der Waals surface area contributed by atoms with Crippen molar-refractivity contribution in [1.82, 2.24) is 4.57 Å². The van der Waals surface area contributed by atoms with Crippen LogP contribution in [0.5, 0.6) is 0 Å². The van der Waals surface area contributed by atoms with Gasteiger partial charge in [0.1, 0.15) is 12.4 Å². The molecule has 0 aliphatic heterocycles. The fourth-order valence-electron chi connectivity index (χ4n) is 3.68. The fourth-order valence-corrected chi connectivity index (χ4v) is 3.68. The van der Waals surface area contributed by atoms with E-state index in [0.717, 1.165) is 0 Å². The van der Waals surface area contributed by atoms with Gasteiger partial charge in [-0.25, -0.2) is 9.13 Å². The van der Waals surface area contributed by atoms with Gasteiger partial charge in [-0.15, -0.1) is 0 Å². The van der Waals surface area contributed by atoms with E-state index in [1.54, 1.807) is 0 Å². The molecular weight excluding hydrogens is 926 g/mol. The highest BCUT2D eigenvalue weighted by molar-refractivity contribution is 5.16. The second-order valence-corrected chi connectivity index (χ2v) is 11.1. The number of imidazole rings is 1. The lowest BCUT2D eigenvalue weighted by Crippen LogP contribution is -2.75. The number of nitrogens with zero attached hydrogens (tertiary/aromatic N) is 2. The Morgan fingerprint density at radius 2 is 0.526 bits per heavy atom. The third kappa shape index (κ3) is 6.79. The summed E-state index contributed by atoms with van der Waals surface area (Å²) >= 11 is 0. The molecule has 0 aliphatic carbocycles. The van der Waals surface area contributed by atoms with Crippen LogP contribution in [0.1, 0.15) is 0 Å². The average Bonchev–Trinajstić information content (AvgIpc) is 3.39. The predicted octanol–water partition coefficient (Wildman–Crippen LogP) is 10.8. The molecule has 0 unspecified atom stereocenters. The van der Waals surface area contributed by atoms with E-state index in [-0.39, 0.29) is 0 Å². The zero-order valence-corrected chi connectivity index (χ0v) is 24.9. The summed E-state index contributed by atoms with van der Waals surface area (Å²) < 4.78 is 452. The number of halogens is 34. The van der Waals surface area contributed by atoms with E-state index in [9.17, 15) is 149 Å². The van der Waals surface area contributed by atoms with Gasteiger partial charge in [-0.3, -0.25) is 0 Å². The Kier molecular flexibility index (Phi) is 12.0. The molecular formula is C21H7F34N2+. The first-order valence-corrected chi connectivity index (χ1v) is 12.6. The monoisotopic (exact) mass is 933 g/mol. The van der Waals surface area contributed by atoms with E-state index in [1.807, 2.05) is 0 Å². The first-order chi connectivity index (χ1) is 24.2. The third-order valence-corrected chi connectivity index (χ3v) is 7.08. The zero-order chi connectivity index (χ0) is 46.7. The van der Waals surface area contributed by atoms with Crippen LogP contribution in [0.3, 0.4) is 0 Å². The second kappa shape index (κ2) is 13.2. The molecule has 0 aromatic carbocycles. The quantitative estimate of drug-likeness (QED) is 0.115. The lowest BCUT2D eigenvalue weighted by molar-refractivity contribution is -0.719. The van der Waals surface area contributed by atoms with Gasteiger partial charge in [-0.2, -0.15) is 149 Å². The van der Waals surface area contributed by atoms with E-state index < -0.39 is 136 Å². The largest absolute Gasteiger partial charge is 0.460 e. The molecule has 0 spiro atoms. The van der Waals surface area contributed by atoms with E-state index in [0.29, 0.717) is 0 Å². The van der Waals surface area contributed by atoms with Crippen molar-refractivity contribution < 1.29 is 154 Å². The van der Waals surface area contributed by atoms with E-state index in [1.165, 1.54) is 0 Å². The Labute approximate surface area is 286 Å². The molecule has 0 saturated heterocycles. The minimum Gasteiger partial charge on any atom is -0.230 e. The van der Waals surface area contributed by atoms with Gasteiger partial charge in [-0.05, 0) is 0 Å². The molecule has 0 radical (unpaired) electrons. The van der Waals surface area contributed by atoms with Crippen molar-refractivity contribution in [2.24, 2.45) is 0 Å². The highest BCUT2D eigenvalue weighted by Gasteiger charge is 2.97. The smallest absolute Gasteiger partial charge is 0.230 e. The Bertz CT molecular complexity index is 1470. The van der Waals surface area contributed by atoms with Gasteiger partial charge in [0, 0.05) is 0 Å². The number of hydrogen-bond acceptors (Lipinski definition) is 0. The summed E-state index contributed by atoms with van der Waals surface area (Å²) in [6.45, 7) is -7.46. The van der Waals surface area contributed by atoms with Crippen molar-refractivity contribution >= 4 is 0 Å². The highest BCUT2D eigenvalue weighted by atomic mass is 19.4. The molecule has 1 rings (SSSR count). The van der Waals surface area contributed by atoms with Crippen LogP contribution in [-0.4, -0.2) is 99.8 Å². The Hall–Kier alpha value is -3.17. The molecule has 0 fully saturated rings. The first kappa shape index (κ1) is 51.8. The summed E-state index contributed by atoms with van der Waals surface area (Å²) in [5, 5.41) is 0. The normalized spacial score (nSPS) is 16.7. The predicted molar refractivity (Wildman–Crippen MR) is 106 cm³/mol. The molecule has 2 nitrogen and oxygen atoms in total. The molecule has 0 bridgehead atoms. The van der Waals surface area contributed by atoms with Crippen LogP contribution in [0.15, 0.2) is 18.7 Å². The molecule has 36 heteroatoms. The molecule has 0 aliphatic rings. The van der Waals surface area contributed by atoms with Crippen LogP contribution in [-0.2, 0) is 13.1 Å². The topological polar surface area (TPSA) is 8.81 Å². The number of rotatable bonds is 16. The van der Waals surface area contributed by atoms with Gasteiger partial charge < -0.3 is 0 Å². The van der Waals surface area contributed by atoms with Gasteiger partial charge in [0.05, 0.1) is 0 Å². The Balaban J connectivity index is 3.63. The SMILES string of the molecule is FC(F)(F)C(F)(F)C(F)(F)C(F)(F)C(F)(F)C(F)(F)C(F)(F)C(F)(F)Cn1cc[n+](CC(F)(F)C(F)(F)C(F)(F)C(F)(F)C(F)(F)C(F)(F)C(F)(F)C(F)(F)F)c1. The molecule has 57 heavy (non-hydrogen) atoms. The molecule has 0 amide bonds. The van der Waals surface area contributed by atoms with Crippen LogP contribution in [0.4, 0.5) is 149 Å². The molecule has 0 saturated carbocycles. The lowest BCUT2D eigenvalue weighted by Gasteiger charge is -2.42. The van der Waals surface area contributed by atoms with Crippen LogP contribution in [0.2, 0.25) is 0 Å². The number of aromatic nitrogens is 2. The maximum Gasteiger partial charge on any atom is 0.460 e. The fraction of sp³-hybridized carbons (Fsp3) is 0.857. The minimum absolute atomic E-state index is 0.720. The highest BCUT2D eigenvalue weighted by Crippen LogP contribution is 2.66. The summed E-state index contributed by atoms with van der Waals surface area (Å²) in [5.74, 6) is -121. The van der Waals surface area contributed by atoms with Gasteiger partial charge >= 0.3 is 95.3 Å². The van der Waals surface area contributed by atoms with Gasteiger partial charge in [0.25, 0.3) is 0 Å². The van der Waals surface area contributed by atoms with Crippen molar-refractivity contribution in [3.63, 3.8) is 0 Å². The van der Waals surface area contributed by atoms with Gasteiger partial charge in [0.15, 0.2) is 13.1 Å². The number of alkyl halides is 34. The summed E-state index contributed by atoms with van der Waals surface area (Å²) in [6, 6.07) is 0. The molecule has 1 aromatic rings. The molecule has 0 N–H and O–H groups in total. The second-order valence-electron chi connectivity index (χ2n) is 11.1. The lowest BCUT2D eigenvalue weighted by atomic mass is 9.89. The molecule has 0 atom stereocenters. The van der Waals surface area contributed by atoms with Crippen molar-refractivity contribution in [2.75, 3.05) is 0 Å². The van der Waals surface area contributed by atoms with Crippen LogP contribution < -0.4 is 4.57 Å². The van der Waals surface area contributed by atoms with Crippen molar-refractivity contribution in [1.29, 1.82) is 0 Å². The minimum atomic E-state index is -9.12. The maximum atomic E-state index is 14.1. The summed E-state index contributed by atoms with van der Waals surface area (Å²) in [7, 11) is 0. The zero-order valence-electron chi connectivity index (χ0n) is 24.9. The van der Waals surface area contributed by atoms with E-state index in [4.69, 9.17) is 0 Å². The standard InChI is InChI=1S/C21H7F34N2/c22-6(23,8(26,27)10(30,31)12(34,35)14(38,39)16(42,43)18(46,47)20(50,51)52)3-56-1-2-57(5-56)4-7(24,25)9(28,29)11(32,33)13(36,37)15(40,41)17(44,45)19(48,49)21(53,54)55/h1-2,5H,3-4H2/q+1. The maximum absolute atomic E-state index is 14.1. The summed E-state index contributed by atoms with van der Waals surface area (Å²) in [6.07, 6.45) is -18.7. The van der Waals surface area contributed by atoms with Crippen molar-refractivity contribution in [3.05, 3.63) is 18.7 Å². The Morgan fingerprint density at radius 1 is 0.298 bits per heavy atom. The van der Waals surface area contributed by atoms with Gasteiger partial charge in [-0.1, -0.05) is 0 Å².